The van der Waals surface area contributed by atoms with Crippen LogP contribution in [0.15, 0.2) is 67.1 Å². The van der Waals surface area contributed by atoms with Crippen LogP contribution in [0.3, 0.4) is 0 Å². The molecule has 4 aromatic rings. The summed E-state index contributed by atoms with van der Waals surface area (Å²) in [6, 6.07) is 15.4. The van der Waals surface area contributed by atoms with E-state index in [4.69, 9.17) is 0 Å². The van der Waals surface area contributed by atoms with Crippen molar-refractivity contribution in [3.63, 3.8) is 0 Å². The van der Waals surface area contributed by atoms with E-state index in [1.54, 1.807) is 12.4 Å². The first-order valence-corrected chi connectivity index (χ1v) is 10.0. The molecule has 1 N–H and O–H groups in total. The van der Waals surface area contributed by atoms with Crippen molar-refractivity contribution in [2.45, 2.75) is 18.9 Å². The van der Waals surface area contributed by atoms with Gasteiger partial charge < -0.3 is 10.2 Å². The molecule has 1 saturated heterocycles. The van der Waals surface area contributed by atoms with E-state index < -0.39 is 0 Å². The molecule has 0 aliphatic carbocycles. The lowest BCUT2D eigenvalue weighted by molar-refractivity contribution is 0.0714. The molecule has 1 fully saturated rings. The predicted molar refractivity (Wildman–Crippen MR) is 113 cm³/mol. The van der Waals surface area contributed by atoms with Gasteiger partial charge >= 0.3 is 0 Å². The quantitative estimate of drug-likeness (QED) is 0.568. The number of carbonyl (C=O) groups excluding carboxylic acids is 1. The molecule has 2 aromatic carbocycles. The van der Waals surface area contributed by atoms with Crippen molar-refractivity contribution in [1.29, 1.82) is 0 Å². The number of likely N-dealkylation sites (tertiary alicyclic amines) is 1. The molecule has 1 atom stereocenters. The van der Waals surface area contributed by atoms with E-state index in [-0.39, 0.29) is 11.9 Å². The number of fused-ring (bicyclic) bond motifs is 1. The highest BCUT2D eigenvalue weighted by atomic mass is 16.2. The molecular weight excluding hydrogens is 378 g/mol. The standard InChI is InChI=1S/C22H21N7O/c30-21(18-8-2-4-10-20(18)29-24-11-12-25-29)28-13-5-7-17(15-28)26-22-23-14-16-6-1-3-9-19(16)27-22/h1-4,6,8-12,14,17H,5,7,13,15H2,(H,23,26,27). The molecule has 8 nitrogen and oxygen atoms in total. The smallest absolute Gasteiger partial charge is 0.256 e. The molecular formula is C22H21N7O. The summed E-state index contributed by atoms with van der Waals surface area (Å²) in [5.41, 5.74) is 2.18. The number of amides is 1. The van der Waals surface area contributed by atoms with Gasteiger partial charge in [-0.05, 0) is 31.0 Å². The van der Waals surface area contributed by atoms with Gasteiger partial charge in [0.15, 0.2) is 0 Å². The van der Waals surface area contributed by atoms with E-state index >= 15 is 0 Å². The van der Waals surface area contributed by atoms with Crippen LogP contribution < -0.4 is 5.32 Å². The monoisotopic (exact) mass is 399 g/mol. The molecule has 0 spiro atoms. The molecule has 0 saturated carbocycles. The fraction of sp³-hybridized carbons (Fsp3) is 0.227. The van der Waals surface area contributed by atoms with E-state index in [9.17, 15) is 4.79 Å². The number of nitrogens with zero attached hydrogens (tertiary/aromatic N) is 6. The second-order valence-electron chi connectivity index (χ2n) is 7.32. The fourth-order valence-electron chi connectivity index (χ4n) is 3.84. The summed E-state index contributed by atoms with van der Waals surface area (Å²) in [4.78, 5) is 25.7. The van der Waals surface area contributed by atoms with Gasteiger partial charge in [-0.15, -0.1) is 0 Å². The van der Waals surface area contributed by atoms with Crippen molar-refractivity contribution >= 4 is 22.8 Å². The van der Waals surface area contributed by atoms with E-state index in [0.717, 1.165) is 30.3 Å². The molecule has 5 rings (SSSR count). The van der Waals surface area contributed by atoms with E-state index in [1.807, 2.05) is 59.6 Å². The third-order valence-corrected chi connectivity index (χ3v) is 5.30. The zero-order valence-electron chi connectivity index (χ0n) is 16.3. The number of carbonyl (C=O) groups is 1. The van der Waals surface area contributed by atoms with Gasteiger partial charge in [0.05, 0.1) is 29.2 Å². The number of para-hydroxylation sites is 2. The number of rotatable bonds is 4. The van der Waals surface area contributed by atoms with Gasteiger partial charge in [-0.1, -0.05) is 30.3 Å². The average molecular weight is 399 g/mol. The lowest BCUT2D eigenvalue weighted by Gasteiger charge is -2.33. The average Bonchev–Trinajstić information content (AvgIpc) is 3.34. The molecule has 1 aliphatic rings. The van der Waals surface area contributed by atoms with Crippen molar-refractivity contribution < 1.29 is 4.79 Å². The molecule has 0 bridgehead atoms. The molecule has 8 heteroatoms. The molecule has 0 radical (unpaired) electrons. The van der Waals surface area contributed by atoms with Crippen molar-refractivity contribution in [3.05, 3.63) is 72.7 Å². The highest BCUT2D eigenvalue weighted by Crippen LogP contribution is 2.20. The largest absolute Gasteiger partial charge is 0.350 e. The Hall–Kier alpha value is -3.81. The number of anilines is 1. The Morgan fingerprint density at radius 3 is 2.73 bits per heavy atom. The second kappa shape index (κ2) is 7.90. The second-order valence-corrected chi connectivity index (χ2v) is 7.32. The van der Waals surface area contributed by atoms with Crippen molar-refractivity contribution in [1.82, 2.24) is 29.9 Å². The summed E-state index contributed by atoms with van der Waals surface area (Å²) in [5.74, 6) is 0.572. The van der Waals surface area contributed by atoms with Gasteiger partial charge in [0.25, 0.3) is 5.91 Å². The molecule has 1 aliphatic heterocycles. The van der Waals surface area contributed by atoms with Crippen molar-refractivity contribution in [2.24, 2.45) is 0 Å². The maximum Gasteiger partial charge on any atom is 0.256 e. The van der Waals surface area contributed by atoms with Gasteiger partial charge in [0.2, 0.25) is 5.95 Å². The Morgan fingerprint density at radius 2 is 1.83 bits per heavy atom. The molecule has 30 heavy (non-hydrogen) atoms. The number of hydrogen-bond acceptors (Lipinski definition) is 6. The number of benzene rings is 2. The lowest BCUT2D eigenvalue weighted by Crippen LogP contribution is -2.45. The van der Waals surface area contributed by atoms with Crippen LogP contribution in [0.25, 0.3) is 16.6 Å². The normalized spacial score (nSPS) is 16.5. The Kier molecular flexibility index (Phi) is 4.80. The molecule has 2 aromatic heterocycles. The van der Waals surface area contributed by atoms with E-state index in [2.05, 4.69) is 25.5 Å². The van der Waals surface area contributed by atoms with Crippen molar-refractivity contribution in [3.8, 4) is 5.69 Å². The van der Waals surface area contributed by atoms with Gasteiger partial charge in [-0.3, -0.25) is 4.79 Å². The highest BCUT2D eigenvalue weighted by Gasteiger charge is 2.26. The third-order valence-electron chi connectivity index (χ3n) is 5.30. The van der Waals surface area contributed by atoms with Gasteiger partial charge in [-0.25, -0.2) is 9.97 Å². The summed E-state index contributed by atoms with van der Waals surface area (Å²) in [5, 5.41) is 12.8. The van der Waals surface area contributed by atoms with Crippen LogP contribution in [0, 0.1) is 0 Å². The molecule has 150 valence electrons. The first kappa shape index (κ1) is 18.2. The van der Waals surface area contributed by atoms with Gasteiger partial charge in [-0.2, -0.15) is 15.0 Å². The zero-order chi connectivity index (χ0) is 20.3. The first-order chi connectivity index (χ1) is 14.8. The summed E-state index contributed by atoms with van der Waals surface area (Å²) in [7, 11) is 0. The predicted octanol–water partition coefficient (Wildman–Crippen LogP) is 2.93. The summed E-state index contributed by atoms with van der Waals surface area (Å²) in [6.45, 7) is 1.31. The maximum absolute atomic E-state index is 13.3. The Bertz CT molecular complexity index is 1180. The fourth-order valence-corrected chi connectivity index (χ4v) is 3.84. The van der Waals surface area contributed by atoms with Gasteiger partial charge in [0.1, 0.15) is 0 Å². The third kappa shape index (κ3) is 3.59. The first-order valence-electron chi connectivity index (χ1n) is 10.0. The number of piperidine rings is 1. The minimum atomic E-state index is -0.0196. The van der Waals surface area contributed by atoms with E-state index in [0.29, 0.717) is 23.7 Å². The van der Waals surface area contributed by atoms with Crippen LogP contribution in [0.4, 0.5) is 5.95 Å². The summed E-state index contributed by atoms with van der Waals surface area (Å²) >= 11 is 0. The molecule has 1 unspecified atom stereocenters. The Balaban J connectivity index is 1.33. The SMILES string of the molecule is O=C(c1ccccc1-n1nccn1)N1CCCC(Nc2ncc3ccccc3n2)C1. The summed E-state index contributed by atoms with van der Waals surface area (Å²) in [6.07, 6.45) is 6.91. The molecule has 3 heterocycles. The van der Waals surface area contributed by atoms with Crippen LogP contribution in [0.2, 0.25) is 0 Å². The van der Waals surface area contributed by atoms with Crippen LogP contribution >= 0.6 is 0 Å². The number of hydrogen-bond donors (Lipinski definition) is 1. The van der Waals surface area contributed by atoms with Crippen LogP contribution in [0.5, 0.6) is 0 Å². The Morgan fingerprint density at radius 1 is 1.03 bits per heavy atom. The van der Waals surface area contributed by atoms with Crippen molar-refractivity contribution in [2.75, 3.05) is 18.4 Å². The topological polar surface area (TPSA) is 88.8 Å². The van der Waals surface area contributed by atoms with Crippen LogP contribution in [-0.2, 0) is 0 Å². The summed E-state index contributed by atoms with van der Waals surface area (Å²) < 4.78 is 0. The maximum atomic E-state index is 13.3. The van der Waals surface area contributed by atoms with Crippen LogP contribution in [-0.4, -0.2) is 54.9 Å². The number of aromatic nitrogens is 5. The minimum absolute atomic E-state index is 0.0196. The van der Waals surface area contributed by atoms with Crippen LogP contribution in [0.1, 0.15) is 23.2 Å². The number of nitrogens with one attached hydrogen (secondary N) is 1. The molecule has 1 amide bonds. The zero-order valence-corrected chi connectivity index (χ0v) is 16.3. The Labute approximate surface area is 173 Å². The lowest BCUT2D eigenvalue weighted by atomic mass is 10.0. The highest BCUT2D eigenvalue weighted by molar-refractivity contribution is 5.97. The van der Waals surface area contributed by atoms with Gasteiger partial charge in [0, 0.05) is 30.7 Å². The minimum Gasteiger partial charge on any atom is -0.350 e. The van der Waals surface area contributed by atoms with E-state index in [1.165, 1.54) is 4.80 Å².